The first-order chi connectivity index (χ1) is 17.8. The third kappa shape index (κ3) is 7.44. The molecule has 3 aromatic rings. The van der Waals surface area contributed by atoms with E-state index in [1.165, 1.54) is 17.0 Å². The Morgan fingerprint density at radius 2 is 1.50 bits per heavy atom. The molecule has 38 heavy (non-hydrogen) atoms. The zero-order chi connectivity index (χ0) is 28.1. The van der Waals surface area contributed by atoms with E-state index in [-0.39, 0.29) is 17.3 Å². The summed E-state index contributed by atoms with van der Waals surface area (Å²) in [5.74, 6) is -0.797. The van der Waals surface area contributed by atoms with Crippen molar-refractivity contribution in [1.29, 1.82) is 0 Å². The number of rotatable bonds is 9. The van der Waals surface area contributed by atoms with Crippen molar-refractivity contribution in [2.75, 3.05) is 10.8 Å². The molecule has 0 heterocycles. The lowest BCUT2D eigenvalue weighted by Gasteiger charge is -2.33. The number of anilines is 1. The number of carbonyl (C=O) groups is 2. The number of hydrogen-bond acceptors (Lipinski definition) is 4. The minimum atomic E-state index is -4.06. The van der Waals surface area contributed by atoms with Crippen molar-refractivity contribution in [2.45, 2.75) is 64.6 Å². The van der Waals surface area contributed by atoms with Crippen molar-refractivity contribution in [3.8, 4) is 0 Å². The molecule has 8 heteroatoms. The molecule has 1 N–H and O–H groups in total. The molecule has 0 saturated carbocycles. The Morgan fingerprint density at radius 1 is 0.868 bits per heavy atom. The van der Waals surface area contributed by atoms with Gasteiger partial charge >= 0.3 is 0 Å². The lowest BCUT2D eigenvalue weighted by atomic mass is 10.1. The Morgan fingerprint density at radius 3 is 2.08 bits per heavy atom. The van der Waals surface area contributed by atoms with E-state index in [0.29, 0.717) is 5.69 Å². The first kappa shape index (κ1) is 28.9. The van der Waals surface area contributed by atoms with Gasteiger partial charge in [0.25, 0.3) is 10.0 Å². The summed E-state index contributed by atoms with van der Waals surface area (Å²) < 4.78 is 28.6. The van der Waals surface area contributed by atoms with Crippen LogP contribution in [-0.2, 0) is 26.2 Å². The van der Waals surface area contributed by atoms with E-state index in [1.807, 2.05) is 58.9 Å². The largest absolute Gasteiger partial charge is 0.350 e. The van der Waals surface area contributed by atoms with Crippen molar-refractivity contribution < 1.29 is 18.0 Å². The summed E-state index contributed by atoms with van der Waals surface area (Å²) in [6.45, 7) is 10.8. The number of nitrogens with zero attached hydrogens (tertiary/aromatic N) is 2. The van der Waals surface area contributed by atoms with Crippen LogP contribution in [0.1, 0.15) is 44.4 Å². The first-order valence-corrected chi connectivity index (χ1v) is 14.0. The van der Waals surface area contributed by atoms with E-state index in [1.54, 1.807) is 49.4 Å². The van der Waals surface area contributed by atoms with Crippen LogP contribution in [0.4, 0.5) is 5.69 Å². The highest BCUT2D eigenvalue weighted by molar-refractivity contribution is 7.92. The Labute approximate surface area is 226 Å². The summed E-state index contributed by atoms with van der Waals surface area (Å²) in [5.41, 5.74) is 2.71. The Balaban J connectivity index is 2.02. The van der Waals surface area contributed by atoms with Crippen molar-refractivity contribution in [2.24, 2.45) is 0 Å². The predicted octanol–water partition coefficient (Wildman–Crippen LogP) is 4.83. The molecule has 3 aromatic carbocycles. The van der Waals surface area contributed by atoms with Crippen LogP contribution in [0.3, 0.4) is 0 Å². The average Bonchev–Trinajstić information content (AvgIpc) is 2.85. The summed E-state index contributed by atoms with van der Waals surface area (Å²) in [5, 5.41) is 2.93. The highest BCUT2D eigenvalue weighted by Gasteiger charge is 2.33. The van der Waals surface area contributed by atoms with E-state index in [9.17, 15) is 18.0 Å². The molecular formula is C30H37N3O4S. The number of nitrogens with one attached hydrogen (secondary N) is 1. The van der Waals surface area contributed by atoms with Gasteiger partial charge in [-0.25, -0.2) is 8.42 Å². The second kappa shape index (κ2) is 11.8. The maximum atomic E-state index is 13.9. The van der Waals surface area contributed by atoms with Crippen LogP contribution in [0.5, 0.6) is 0 Å². The zero-order valence-corrected chi connectivity index (χ0v) is 23.7. The van der Waals surface area contributed by atoms with Gasteiger partial charge in [0, 0.05) is 12.1 Å². The first-order valence-electron chi connectivity index (χ1n) is 12.6. The Kier molecular flexibility index (Phi) is 8.99. The molecule has 0 aliphatic rings. The molecule has 0 unspecified atom stereocenters. The van der Waals surface area contributed by atoms with Crippen molar-refractivity contribution >= 4 is 27.5 Å². The van der Waals surface area contributed by atoms with E-state index in [4.69, 9.17) is 0 Å². The van der Waals surface area contributed by atoms with Crippen LogP contribution in [0.25, 0.3) is 0 Å². The minimum absolute atomic E-state index is 0.0807. The second-order valence-electron chi connectivity index (χ2n) is 10.6. The van der Waals surface area contributed by atoms with E-state index in [2.05, 4.69) is 5.32 Å². The van der Waals surface area contributed by atoms with Gasteiger partial charge in [0.2, 0.25) is 11.8 Å². The molecule has 0 saturated heterocycles. The molecule has 0 fully saturated rings. The number of hydrogen-bond donors (Lipinski definition) is 1. The maximum absolute atomic E-state index is 13.9. The SMILES string of the molecule is Cc1ccc(N(CC(=O)N(Cc2cccc(C)c2)[C@@H](C)C(=O)NC(C)(C)C)S(=O)(=O)c2ccccc2)cc1. The van der Waals surface area contributed by atoms with Gasteiger partial charge in [-0.1, -0.05) is 65.7 Å². The highest BCUT2D eigenvalue weighted by Crippen LogP contribution is 2.25. The summed E-state index contributed by atoms with van der Waals surface area (Å²) in [4.78, 5) is 28.6. The lowest BCUT2D eigenvalue weighted by molar-refractivity contribution is -0.140. The van der Waals surface area contributed by atoms with Crippen LogP contribution in [0.15, 0.2) is 83.8 Å². The highest BCUT2D eigenvalue weighted by atomic mass is 32.2. The van der Waals surface area contributed by atoms with Crippen LogP contribution >= 0.6 is 0 Å². The van der Waals surface area contributed by atoms with E-state index < -0.39 is 34.1 Å². The van der Waals surface area contributed by atoms with E-state index >= 15 is 0 Å². The molecule has 0 aliphatic carbocycles. The standard InChI is InChI=1S/C30H37N3O4S/c1-22-15-17-26(18-16-22)33(38(36,37)27-13-8-7-9-14-27)21-28(34)32(20-25-12-10-11-23(2)19-25)24(3)29(35)31-30(4,5)6/h7-19,24H,20-21H2,1-6H3,(H,31,35)/t24-/m0/s1. The van der Waals surface area contributed by atoms with Crippen LogP contribution in [0.2, 0.25) is 0 Å². The van der Waals surface area contributed by atoms with Gasteiger partial charge in [-0.05, 0) is 71.4 Å². The molecule has 3 rings (SSSR count). The molecule has 0 radical (unpaired) electrons. The van der Waals surface area contributed by atoms with E-state index in [0.717, 1.165) is 21.0 Å². The number of carbonyl (C=O) groups excluding carboxylic acids is 2. The fraction of sp³-hybridized carbons (Fsp3) is 0.333. The van der Waals surface area contributed by atoms with Gasteiger partial charge in [-0.2, -0.15) is 0 Å². The molecule has 0 spiro atoms. The molecule has 202 valence electrons. The van der Waals surface area contributed by atoms with Gasteiger partial charge < -0.3 is 10.2 Å². The summed E-state index contributed by atoms with van der Waals surface area (Å²) in [7, 11) is -4.06. The maximum Gasteiger partial charge on any atom is 0.264 e. The zero-order valence-electron chi connectivity index (χ0n) is 22.9. The summed E-state index contributed by atoms with van der Waals surface area (Å²) in [6, 6.07) is 21.9. The molecule has 0 aliphatic heterocycles. The third-order valence-electron chi connectivity index (χ3n) is 6.03. The Bertz CT molecular complexity index is 1360. The van der Waals surface area contributed by atoms with Crippen LogP contribution in [0, 0.1) is 13.8 Å². The second-order valence-corrected chi connectivity index (χ2v) is 12.4. The molecule has 2 amide bonds. The minimum Gasteiger partial charge on any atom is -0.350 e. The van der Waals surface area contributed by atoms with Crippen molar-refractivity contribution in [3.05, 3.63) is 95.6 Å². The summed E-state index contributed by atoms with van der Waals surface area (Å²) >= 11 is 0. The van der Waals surface area contributed by atoms with Crippen LogP contribution < -0.4 is 9.62 Å². The lowest BCUT2D eigenvalue weighted by Crippen LogP contribution is -2.54. The molecule has 7 nitrogen and oxygen atoms in total. The fourth-order valence-corrected chi connectivity index (χ4v) is 5.46. The predicted molar refractivity (Wildman–Crippen MR) is 151 cm³/mol. The molecule has 1 atom stereocenters. The molecule has 0 bridgehead atoms. The van der Waals surface area contributed by atoms with Gasteiger partial charge in [0.05, 0.1) is 10.6 Å². The van der Waals surface area contributed by atoms with Crippen molar-refractivity contribution in [1.82, 2.24) is 10.2 Å². The van der Waals surface area contributed by atoms with Gasteiger partial charge in [-0.3, -0.25) is 13.9 Å². The topological polar surface area (TPSA) is 86.8 Å². The van der Waals surface area contributed by atoms with Crippen molar-refractivity contribution in [3.63, 3.8) is 0 Å². The number of amides is 2. The molecule has 0 aromatic heterocycles. The van der Waals surface area contributed by atoms with Gasteiger partial charge in [-0.15, -0.1) is 0 Å². The monoisotopic (exact) mass is 535 g/mol. The number of aryl methyl sites for hydroxylation is 2. The van der Waals surface area contributed by atoms with Gasteiger partial charge in [0.15, 0.2) is 0 Å². The Hall–Kier alpha value is -3.65. The number of benzene rings is 3. The average molecular weight is 536 g/mol. The fourth-order valence-electron chi connectivity index (χ4n) is 4.02. The number of sulfonamides is 1. The quantitative estimate of drug-likeness (QED) is 0.425. The normalized spacial score (nSPS) is 12.5. The molecular weight excluding hydrogens is 498 g/mol. The smallest absolute Gasteiger partial charge is 0.264 e. The third-order valence-corrected chi connectivity index (χ3v) is 7.82. The van der Waals surface area contributed by atoms with Crippen LogP contribution in [-0.4, -0.2) is 43.3 Å². The van der Waals surface area contributed by atoms with Gasteiger partial charge in [0.1, 0.15) is 12.6 Å². The summed E-state index contributed by atoms with van der Waals surface area (Å²) in [6.07, 6.45) is 0.